The average Bonchev–Trinajstić information content (AvgIpc) is 2.55. The second kappa shape index (κ2) is 3.23. The molecule has 0 N–H and O–H groups in total. The predicted molar refractivity (Wildman–Crippen MR) is 51.2 cm³/mol. The van der Waals surface area contributed by atoms with Gasteiger partial charge in [-0.25, -0.2) is 0 Å². The van der Waals surface area contributed by atoms with E-state index in [1.165, 1.54) is 11.1 Å². The first kappa shape index (κ1) is 8.32. The number of ether oxygens (including phenoxy) is 2. The molecular formula is C11H12O2. The van der Waals surface area contributed by atoms with E-state index in [2.05, 4.69) is 12.1 Å². The van der Waals surface area contributed by atoms with E-state index < -0.39 is 0 Å². The SMILES string of the molecule is COC1=Cc2ccccc2C1OC. The monoisotopic (exact) mass is 176 g/mol. The van der Waals surface area contributed by atoms with Crippen molar-refractivity contribution in [3.8, 4) is 0 Å². The maximum absolute atomic E-state index is 5.35. The van der Waals surface area contributed by atoms with Crippen molar-refractivity contribution >= 4 is 6.08 Å². The van der Waals surface area contributed by atoms with Crippen LogP contribution in [0.5, 0.6) is 0 Å². The Morgan fingerprint density at radius 3 is 2.62 bits per heavy atom. The molecule has 0 radical (unpaired) electrons. The third kappa shape index (κ3) is 1.23. The van der Waals surface area contributed by atoms with Gasteiger partial charge in [-0.05, 0) is 17.2 Å². The van der Waals surface area contributed by atoms with E-state index in [9.17, 15) is 0 Å². The van der Waals surface area contributed by atoms with Gasteiger partial charge in [0.15, 0.2) is 0 Å². The van der Waals surface area contributed by atoms with Gasteiger partial charge in [0.1, 0.15) is 11.9 Å². The summed E-state index contributed by atoms with van der Waals surface area (Å²) >= 11 is 0. The van der Waals surface area contributed by atoms with Crippen LogP contribution in [0.1, 0.15) is 17.2 Å². The molecule has 1 aromatic rings. The lowest BCUT2D eigenvalue weighted by Crippen LogP contribution is -2.02. The second-order valence-electron chi connectivity index (χ2n) is 3.00. The summed E-state index contributed by atoms with van der Waals surface area (Å²) in [6.45, 7) is 0. The molecule has 1 aromatic carbocycles. The molecule has 0 bridgehead atoms. The fourth-order valence-corrected chi connectivity index (χ4v) is 1.67. The maximum Gasteiger partial charge on any atom is 0.140 e. The standard InChI is InChI=1S/C11H12O2/c1-12-10-7-8-5-3-4-6-9(8)11(10)13-2/h3-7,11H,1-2H3. The third-order valence-electron chi connectivity index (χ3n) is 2.31. The number of methoxy groups -OCH3 is 2. The summed E-state index contributed by atoms with van der Waals surface area (Å²) in [6, 6.07) is 8.15. The van der Waals surface area contributed by atoms with E-state index in [1.54, 1.807) is 14.2 Å². The lowest BCUT2D eigenvalue weighted by Gasteiger charge is -2.13. The van der Waals surface area contributed by atoms with Crippen molar-refractivity contribution in [1.82, 2.24) is 0 Å². The molecule has 1 atom stereocenters. The number of benzene rings is 1. The Labute approximate surface area is 77.8 Å². The Morgan fingerprint density at radius 2 is 1.92 bits per heavy atom. The first-order valence-corrected chi connectivity index (χ1v) is 4.24. The minimum Gasteiger partial charge on any atom is -0.498 e. The lowest BCUT2D eigenvalue weighted by atomic mass is 10.1. The lowest BCUT2D eigenvalue weighted by molar-refractivity contribution is 0.0841. The van der Waals surface area contributed by atoms with Gasteiger partial charge in [0.2, 0.25) is 0 Å². The molecule has 2 rings (SSSR count). The fourth-order valence-electron chi connectivity index (χ4n) is 1.67. The highest BCUT2D eigenvalue weighted by atomic mass is 16.5. The molecule has 0 spiro atoms. The Kier molecular flexibility index (Phi) is 2.07. The Morgan fingerprint density at radius 1 is 1.15 bits per heavy atom. The summed E-state index contributed by atoms with van der Waals surface area (Å²) in [6.07, 6.45) is 1.99. The third-order valence-corrected chi connectivity index (χ3v) is 2.31. The van der Waals surface area contributed by atoms with Gasteiger partial charge in [-0.1, -0.05) is 24.3 Å². The van der Waals surface area contributed by atoms with Crippen LogP contribution in [-0.2, 0) is 9.47 Å². The molecule has 0 fully saturated rings. The summed E-state index contributed by atoms with van der Waals surface area (Å²) in [4.78, 5) is 0. The molecule has 0 amide bonds. The topological polar surface area (TPSA) is 18.5 Å². The van der Waals surface area contributed by atoms with E-state index in [0.717, 1.165) is 5.76 Å². The first-order chi connectivity index (χ1) is 6.36. The number of rotatable bonds is 2. The highest BCUT2D eigenvalue weighted by Crippen LogP contribution is 2.36. The summed E-state index contributed by atoms with van der Waals surface area (Å²) in [5, 5.41) is 0. The normalized spacial score (nSPS) is 19.5. The van der Waals surface area contributed by atoms with Crippen molar-refractivity contribution in [3.63, 3.8) is 0 Å². The Hall–Kier alpha value is -1.28. The van der Waals surface area contributed by atoms with Crippen LogP contribution in [0.3, 0.4) is 0 Å². The summed E-state index contributed by atoms with van der Waals surface area (Å²) in [5.74, 6) is 0.878. The summed E-state index contributed by atoms with van der Waals surface area (Å²) in [5.41, 5.74) is 2.37. The molecule has 2 heteroatoms. The van der Waals surface area contributed by atoms with Gasteiger partial charge in [-0.15, -0.1) is 0 Å². The van der Waals surface area contributed by atoms with Gasteiger partial charge in [0.25, 0.3) is 0 Å². The molecule has 68 valence electrons. The molecule has 1 unspecified atom stereocenters. The average molecular weight is 176 g/mol. The van der Waals surface area contributed by atoms with Crippen molar-refractivity contribution in [2.45, 2.75) is 6.10 Å². The van der Waals surface area contributed by atoms with Crippen LogP contribution in [0.15, 0.2) is 30.0 Å². The molecule has 1 aliphatic rings. The smallest absolute Gasteiger partial charge is 0.140 e. The van der Waals surface area contributed by atoms with Gasteiger partial charge < -0.3 is 9.47 Å². The molecule has 0 heterocycles. The van der Waals surface area contributed by atoms with Gasteiger partial charge >= 0.3 is 0 Å². The highest BCUT2D eigenvalue weighted by Gasteiger charge is 2.24. The quantitative estimate of drug-likeness (QED) is 0.688. The minimum absolute atomic E-state index is 0.0267. The van der Waals surface area contributed by atoms with Crippen molar-refractivity contribution < 1.29 is 9.47 Å². The molecule has 13 heavy (non-hydrogen) atoms. The summed E-state index contributed by atoms with van der Waals surface area (Å²) in [7, 11) is 3.36. The maximum atomic E-state index is 5.35. The van der Waals surface area contributed by atoms with Crippen LogP contribution in [0.2, 0.25) is 0 Å². The van der Waals surface area contributed by atoms with Gasteiger partial charge in [-0.2, -0.15) is 0 Å². The van der Waals surface area contributed by atoms with Crippen LogP contribution < -0.4 is 0 Å². The van der Waals surface area contributed by atoms with Crippen molar-refractivity contribution in [2.75, 3.05) is 14.2 Å². The Bertz CT molecular complexity index is 342. The largest absolute Gasteiger partial charge is 0.498 e. The predicted octanol–water partition coefficient (Wildman–Crippen LogP) is 2.38. The van der Waals surface area contributed by atoms with Crippen molar-refractivity contribution in [3.05, 3.63) is 41.2 Å². The number of hydrogen-bond acceptors (Lipinski definition) is 2. The zero-order valence-electron chi connectivity index (χ0n) is 7.78. The number of fused-ring (bicyclic) bond motifs is 1. The zero-order chi connectivity index (χ0) is 9.26. The molecule has 0 aliphatic heterocycles. The van der Waals surface area contributed by atoms with Crippen LogP contribution in [0.25, 0.3) is 6.08 Å². The van der Waals surface area contributed by atoms with E-state index in [1.807, 2.05) is 18.2 Å². The van der Waals surface area contributed by atoms with Gasteiger partial charge in [0, 0.05) is 7.11 Å². The second-order valence-corrected chi connectivity index (χ2v) is 3.00. The van der Waals surface area contributed by atoms with E-state index in [4.69, 9.17) is 9.47 Å². The van der Waals surface area contributed by atoms with Crippen LogP contribution in [0.4, 0.5) is 0 Å². The van der Waals surface area contributed by atoms with E-state index >= 15 is 0 Å². The van der Waals surface area contributed by atoms with Crippen LogP contribution >= 0.6 is 0 Å². The van der Waals surface area contributed by atoms with Crippen LogP contribution in [0, 0.1) is 0 Å². The zero-order valence-corrected chi connectivity index (χ0v) is 7.78. The molecule has 2 nitrogen and oxygen atoms in total. The van der Waals surface area contributed by atoms with Gasteiger partial charge in [0.05, 0.1) is 7.11 Å². The van der Waals surface area contributed by atoms with Crippen molar-refractivity contribution in [1.29, 1.82) is 0 Å². The molecule has 0 saturated heterocycles. The van der Waals surface area contributed by atoms with Gasteiger partial charge in [-0.3, -0.25) is 0 Å². The van der Waals surface area contributed by atoms with Crippen molar-refractivity contribution in [2.24, 2.45) is 0 Å². The molecule has 1 aliphatic carbocycles. The first-order valence-electron chi connectivity index (χ1n) is 4.24. The molecule has 0 aromatic heterocycles. The Balaban J connectivity index is 2.44. The van der Waals surface area contributed by atoms with E-state index in [-0.39, 0.29) is 6.10 Å². The van der Waals surface area contributed by atoms with Crippen LogP contribution in [-0.4, -0.2) is 14.2 Å². The minimum atomic E-state index is -0.0267. The van der Waals surface area contributed by atoms with E-state index in [0.29, 0.717) is 0 Å². The highest BCUT2D eigenvalue weighted by molar-refractivity contribution is 5.63. The molecule has 0 saturated carbocycles. The molecular weight excluding hydrogens is 164 g/mol. The summed E-state index contributed by atoms with van der Waals surface area (Å²) < 4.78 is 10.6. The number of hydrogen-bond donors (Lipinski definition) is 0. The fraction of sp³-hybridized carbons (Fsp3) is 0.273.